The fraction of sp³-hybridized carbons (Fsp3) is 0.280. The van der Waals surface area contributed by atoms with Gasteiger partial charge in [-0.1, -0.05) is 29.4 Å². The van der Waals surface area contributed by atoms with Gasteiger partial charge in [-0.3, -0.25) is 9.78 Å². The average Bonchev–Trinajstić information content (AvgIpc) is 3.56. The first-order chi connectivity index (χ1) is 15.6. The second kappa shape index (κ2) is 8.51. The van der Waals surface area contributed by atoms with Crippen LogP contribution in [0.15, 0.2) is 70.4 Å². The molecule has 0 amide bonds. The molecule has 1 atom stereocenters. The van der Waals surface area contributed by atoms with Crippen LogP contribution in [0, 0.1) is 5.92 Å². The van der Waals surface area contributed by atoms with Crippen LogP contribution in [0.2, 0.25) is 0 Å². The second-order valence-corrected chi connectivity index (χ2v) is 8.33. The van der Waals surface area contributed by atoms with E-state index in [4.69, 9.17) is 9.51 Å². The van der Waals surface area contributed by atoms with Crippen molar-refractivity contribution in [3.8, 4) is 34.0 Å². The van der Waals surface area contributed by atoms with E-state index in [0.717, 1.165) is 23.4 Å². The van der Waals surface area contributed by atoms with E-state index < -0.39 is 0 Å². The molecule has 1 aromatic carbocycles. The van der Waals surface area contributed by atoms with Crippen LogP contribution >= 0.6 is 0 Å². The van der Waals surface area contributed by atoms with E-state index in [1.807, 2.05) is 36.0 Å². The molecule has 0 spiro atoms. The fourth-order valence-corrected chi connectivity index (χ4v) is 3.93. The topological polar surface area (TPSA) is 85.8 Å². The Balaban J connectivity index is 1.43. The van der Waals surface area contributed by atoms with E-state index in [1.165, 1.54) is 18.4 Å². The molecule has 1 aliphatic rings. The highest BCUT2D eigenvalue weighted by molar-refractivity contribution is 5.66. The summed E-state index contributed by atoms with van der Waals surface area (Å²) in [7, 11) is 1.93. The van der Waals surface area contributed by atoms with Gasteiger partial charge in [0.1, 0.15) is 11.4 Å². The summed E-state index contributed by atoms with van der Waals surface area (Å²) in [5, 5.41) is 7.35. The molecule has 0 bridgehead atoms. The molecule has 0 aliphatic heterocycles. The zero-order valence-electron chi connectivity index (χ0n) is 18.2. The van der Waals surface area contributed by atoms with Crippen molar-refractivity contribution in [2.45, 2.75) is 32.4 Å². The number of benzene rings is 1. The van der Waals surface area contributed by atoms with Gasteiger partial charge >= 0.3 is 0 Å². The molecule has 162 valence electrons. The second-order valence-electron chi connectivity index (χ2n) is 8.33. The first-order valence-electron chi connectivity index (χ1n) is 10.9. The summed E-state index contributed by atoms with van der Waals surface area (Å²) in [6.45, 7) is 2.92. The number of rotatable bonds is 7. The van der Waals surface area contributed by atoms with Crippen molar-refractivity contribution in [1.29, 1.82) is 0 Å². The molecule has 0 saturated heterocycles. The van der Waals surface area contributed by atoms with E-state index in [-0.39, 0.29) is 11.6 Å². The van der Waals surface area contributed by atoms with Crippen molar-refractivity contribution in [3.05, 3.63) is 77.0 Å². The molecule has 1 unspecified atom stereocenters. The first kappa shape index (κ1) is 20.3. The molecule has 3 heterocycles. The molecular weight excluding hydrogens is 402 g/mol. The van der Waals surface area contributed by atoms with Crippen LogP contribution in [0.3, 0.4) is 0 Å². The molecule has 1 N–H and O–H groups in total. The Kier molecular flexibility index (Phi) is 5.41. The van der Waals surface area contributed by atoms with Crippen LogP contribution in [0.4, 0.5) is 0 Å². The maximum absolute atomic E-state index is 12.4. The first-order valence-corrected chi connectivity index (χ1v) is 10.9. The Hall–Kier alpha value is -3.58. The minimum atomic E-state index is 0.0119. The summed E-state index contributed by atoms with van der Waals surface area (Å²) >= 11 is 0. The number of aromatic nitrogens is 4. The lowest BCUT2D eigenvalue weighted by Gasteiger charge is -2.15. The summed E-state index contributed by atoms with van der Waals surface area (Å²) in [4.78, 5) is 21.4. The number of nitrogens with zero attached hydrogens (tertiary/aromatic N) is 4. The van der Waals surface area contributed by atoms with Gasteiger partial charge in [-0.25, -0.2) is 4.98 Å². The number of hydrogen-bond acceptors (Lipinski definition) is 6. The van der Waals surface area contributed by atoms with Gasteiger partial charge < -0.3 is 14.4 Å². The Morgan fingerprint density at radius 1 is 1.06 bits per heavy atom. The summed E-state index contributed by atoms with van der Waals surface area (Å²) < 4.78 is 7.39. The summed E-state index contributed by atoms with van der Waals surface area (Å²) in [6.07, 6.45) is 7.61. The maximum Gasteiger partial charge on any atom is 0.250 e. The van der Waals surface area contributed by atoms with E-state index in [0.29, 0.717) is 23.1 Å². The van der Waals surface area contributed by atoms with Gasteiger partial charge in [0.2, 0.25) is 0 Å². The lowest BCUT2D eigenvalue weighted by atomic mass is 10.1. The van der Waals surface area contributed by atoms with Crippen molar-refractivity contribution >= 4 is 0 Å². The van der Waals surface area contributed by atoms with Crippen LogP contribution in [0.25, 0.3) is 34.0 Å². The SMILES string of the molecule is CNCc1ccc(-c2cc(-c3cncc(-c4ccc(=O)n(C(C)C5CC5)c4)n3)on2)cc1. The third kappa shape index (κ3) is 4.11. The average molecular weight is 428 g/mol. The van der Waals surface area contributed by atoms with E-state index in [1.54, 1.807) is 24.5 Å². The van der Waals surface area contributed by atoms with Gasteiger partial charge in [-0.15, -0.1) is 0 Å². The van der Waals surface area contributed by atoms with Gasteiger partial charge in [-0.05, 0) is 44.4 Å². The lowest BCUT2D eigenvalue weighted by molar-refractivity contribution is 0.433. The minimum absolute atomic E-state index is 0.0119. The molecule has 1 fully saturated rings. The van der Waals surface area contributed by atoms with Gasteiger partial charge in [0.05, 0.1) is 18.1 Å². The third-order valence-electron chi connectivity index (χ3n) is 6.00. The zero-order valence-corrected chi connectivity index (χ0v) is 18.2. The minimum Gasteiger partial charge on any atom is -0.354 e. The predicted octanol–water partition coefficient (Wildman–Crippen LogP) is 4.32. The van der Waals surface area contributed by atoms with Crippen molar-refractivity contribution in [2.75, 3.05) is 7.05 Å². The van der Waals surface area contributed by atoms with Crippen LogP contribution in [0.5, 0.6) is 0 Å². The lowest BCUT2D eigenvalue weighted by Crippen LogP contribution is -2.23. The Bertz CT molecular complexity index is 1290. The number of pyridine rings is 1. The Labute approximate surface area is 186 Å². The van der Waals surface area contributed by atoms with Gasteiger partial charge in [0.15, 0.2) is 5.76 Å². The number of nitrogens with one attached hydrogen (secondary N) is 1. The van der Waals surface area contributed by atoms with Crippen molar-refractivity contribution in [1.82, 2.24) is 25.0 Å². The Morgan fingerprint density at radius 3 is 2.56 bits per heavy atom. The van der Waals surface area contributed by atoms with Crippen LogP contribution < -0.4 is 10.9 Å². The van der Waals surface area contributed by atoms with E-state index in [2.05, 4.69) is 34.5 Å². The van der Waals surface area contributed by atoms with E-state index >= 15 is 0 Å². The predicted molar refractivity (Wildman–Crippen MR) is 123 cm³/mol. The molecule has 5 rings (SSSR count). The largest absolute Gasteiger partial charge is 0.354 e. The highest BCUT2D eigenvalue weighted by atomic mass is 16.5. The summed E-state index contributed by atoms with van der Waals surface area (Å²) in [6, 6.07) is 13.7. The molecule has 7 heteroatoms. The zero-order chi connectivity index (χ0) is 22.1. The molecular formula is C25H25N5O2. The summed E-state index contributed by atoms with van der Waals surface area (Å²) in [5.74, 6) is 1.13. The molecule has 0 radical (unpaired) electrons. The molecule has 1 saturated carbocycles. The Morgan fingerprint density at radius 2 is 1.81 bits per heavy atom. The third-order valence-corrected chi connectivity index (χ3v) is 6.00. The highest BCUT2D eigenvalue weighted by Crippen LogP contribution is 2.39. The normalized spacial score (nSPS) is 14.4. The molecule has 1 aliphatic carbocycles. The maximum atomic E-state index is 12.4. The quantitative estimate of drug-likeness (QED) is 0.473. The molecule has 4 aromatic rings. The van der Waals surface area contributed by atoms with Gasteiger partial charge in [-0.2, -0.15) is 0 Å². The van der Waals surface area contributed by atoms with Crippen molar-refractivity contribution < 1.29 is 4.52 Å². The molecule has 7 nitrogen and oxygen atoms in total. The van der Waals surface area contributed by atoms with Crippen molar-refractivity contribution in [3.63, 3.8) is 0 Å². The monoisotopic (exact) mass is 427 g/mol. The molecule has 3 aromatic heterocycles. The van der Waals surface area contributed by atoms with Gasteiger partial charge in [0.25, 0.3) is 5.56 Å². The highest BCUT2D eigenvalue weighted by Gasteiger charge is 2.29. The number of hydrogen-bond donors (Lipinski definition) is 1. The van der Waals surface area contributed by atoms with Crippen molar-refractivity contribution in [2.24, 2.45) is 5.92 Å². The van der Waals surface area contributed by atoms with Crippen LogP contribution in [0.1, 0.15) is 31.4 Å². The smallest absolute Gasteiger partial charge is 0.250 e. The van der Waals surface area contributed by atoms with Crippen LogP contribution in [-0.4, -0.2) is 26.7 Å². The fourth-order valence-electron chi connectivity index (χ4n) is 3.93. The standard InChI is InChI=1S/C25H25N5O2/c1-16(18-7-8-18)30-15-20(9-10-25(30)31)22-13-27-14-23(28-22)24-11-21(29-32-24)19-5-3-17(4-6-19)12-26-2/h3-6,9-11,13-16,18,26H,7-8,12H2,1-2H3. The molecule has 32 heavy (non-hydrogen) atoms. The van der Waals surface area contributed by atoms with E-state index in [9.17, 15) is 4.79 Å². The van der Waals surface area contributed by atoms with Crippen LogP contribution in [-0.2, 0) is 6.54 Å². The summed E-state index contributed by atoms with van der Waals surface area (Å²) in [5.41, 5.74) is 5.08. The van der Waals surface area contributed by atoms with Gasteiger partial charge in [0, 0.05) is 42.0 Å².